The van der Waals surface area contributed by atoms with Crippen LogP contribution >= 0.6 is 0 Å². The molecule has 2 aliphatic rings. The number of ether oxygens (including phenoxy) is 1. The summed E-state index contributed by atoms with van der Waals surface area (Å²) in [7, 11) is 1.66. The largest absolute Gasteiger partial charge is 0.363 e. The Balaban J connectivity index is 1.40. The number of hydrogen-bond acceptors (Lipinski definition) is 8. The van der Waals surface area contributed by atoms with Crippen LogP contribution < -0.4 is 10.6 Å². The van der Waals surface area contributed by atoms with Gasteiger partial charge in [-0.2, -0.15) is 10.1 Å². The van der Waals surface area contributed by atoms with E-state index in [9.17, 15) is 4.79 Å². The third-order valence-electron chi connectivity index (χ3n) is 5.20. The minimum Gasteiger partial charge on any atom is -0.363 e. The first-order chi connectivity index (χ1) is 13.0. The van der Waals surface area contributed by atoms with E-state index in [1.54, 1.807) is 24.7 Å². The van der Waals surface area contributed by atoms with Gasteiger partial charge in [0.1, 0.15) is 18.0 Å². The van der Waals surface area contributed by atoms with Crippen molar-refractivity contribution in [3.8, 4) is 11.5 Å². The molecule has 1 atom stereocenters. The molecule has 5 rings (SSSR count). The minimum atomic E-state index is -0.404. The first-order valence-electron chi connectivity index (χ1n) is 8.81. The van der Waals surface area contributed by atoms with E-state index < -0.39 is 5.60 Å². The number of hydrogen-bond donors (Lipinski definition) is 0. The molecule has 0 saturated carbocycles. The molecule has 1 unspecified atom stereocenters. The standard InChI is InChI=1S/C17H19N7O3/c1-11-19-15(27-21-11)12-3-5-18-13(7-12)23-6-4-17(9-23)10-24-14(8-26-17)20-22(2)16(24)25/h3,5,7H,4,6,8-10H2,1-2H3. The zero-order valence-electron chi connectivity index (χ0n) is 15.1. The first-order valence-corrected chi connectivity index (χ1v) is 8.81. The van der Waals surface area contributed by atoms with E-state index in [1.165, 1.54) is 4.68 Å². The molecule has 1 spiro atoms. The van der Waals surface area contributed by atoms with Gasteiger partial charge < -0.3 is 14.2 Å². The molecule has 2 aliphatic heterocycles. The second kappa shape index (κ2) is 5.74. The van der Waals surface area contributed by atoms with Gasteiger partial charge in [-0.15, -0.1) is 0 Å². The summed E-state index contributed by atoms with van der Waals surface area (Å²) in [6.45, 7) is 4.10. The van der Waals surface area contributed by atoms with Crippen molar-refractivity contribution < 1.29 is 9.26 Å². The molecule has 0 N–H and O–H groups in total. The van der Waals surface area contributed by atoms with Crippen molar-refractivity contribution in [1.29, 1.82) is 0 Å². The number of fused-ring (bicyclic) bond motifs is 1. The van der Waals surface area contributed by atoms with E-state index in [0.717, 1.165) is 24.3 Å². The Morgan fingerprint density at radius 2 is 2.19 bits per heavy atom. The first kappa shape index (κ1) is 16.2. The Kier molecular flexibility index (Phi) is 3.44. The molecule has 0 aliphatic carbocycles. The van der Waals surface area contributed by atoms with Gasteiger partial charge in [0.15, 0.2) is 11.6 Å². The molecule has 0 bridgehead atoms. The number of nitrogens with zero attached hydrogens (tertiary/aromatic N) is 7. The maximum absolute atomic E-state index is 12.3. The molecule has 3 aromatic heterocycles. The zero-order valence-corrected chi connectivity index (χ0v) is 15.1. The molecule has 10 heteroatoms. The highest BCUT2D eigenvalue weighted by atomic mass is 16.5. The zero-order chi connectivity index (χ0) is 18.6. The maximum atomic E-state index is 12.3. The van der Waals surface area contributed by atoms with Crippen LogP contribution in [0, 0.1) is 6.92 Å². The molecule has 10 nitrogen and oxygen atoms in total. The fraction of sp³-hybridized carbons (Fsp3) is 0.471. The van der Waals surface area contributed by atoms with Gasteiger partial charge in [0.05, 0.1) is 13.1 Å². The van der Waals surface area contributed by atoms with Crippen LogP contribution in [-0.2, 0) is 24.9 Å². The predicted octanol–water partition coefficient (Wildman–Crippen LogP) is 0.515. The van der Waals surface area contributed by atoms with Crippen molar-refractivity contribution in [2.75, 3.05) is 18.0 Å². The normalized spacial score (nSPS) is 21.8. The fourth-order valence-corrected chi connectivity index (χ4v) is 3.80. The summed E-state index contributed by atoms with van der Waals surface area (Å²) < 4.78 is 14.5. The summed E-state index contributed by atoms with van der Waals surface area (Å²) in [5, 5.41) is 8.06. The lowest BCUT2D eigenvalue weighted by atomic mass is 10.0. The molecular formula is C17H19N7O3. The third-order valence-corrected chi connectivity index (χ3v) is 5.20. The van der Waals surface area contributed by atoms with E-state index in [2.05, 4.69) is 25.1 Å². The monoisotopic (exact) mass is 369 g/mol. The predicted molar refractivity (Wildman–Crippen MR) is 94.1 cm³/mol. The summed E-state index contributed by atoms with van der Waals surface area (Å²) in [4.78, 5) is 23.2. The van der Waals surface area contributed by atoms with Gasteiger partial charge in [0.2, 0.25) is 0 Å². The van der Waals surface area contributed by atoms with Gasteiger partial charge in [-0.25, -0.2) is 14.5 Å². The van der Waals surface area contributed by atoms with E-state index in [4.69, 9.17) is 9.26 Å². The Morgan fingerprint density at radius 3 is 3.00 bits per heavy atom. The SMILES string of the molecule is Cc1noc(-c2ccnc(N3CCC4(C3)Cn3c(nn(C)c3=O)CO4)c2)n1. The van der Waals surface area contributed by atoms with Gasteiger partial charge in [0, 0.05) is 25.4 Å². The van der Waals surface area contributed by atoms with Gasteiger partial charge in [-0.1, -0.05) is 5.16 Å². The van der Waals surface area contributed by atoms with Crippen molar-refractivity contribution in [1.82, 2.24) is 29.5 Å². The number of anilines is 1. The van der Waals surface area contributed by atoms with Gasteiger partial charge in [-0.3, -0.25) is 4.57 Å². The highest BCUT2D eigenvalue weighted by Crippen LogP contribution is 2.34. The molecule has 0 amide bonds. The average molecular weight is 369 g/mol. The Bertz CT molecular complexity index is 1070. The van der Waals surface area contributed by atoms with Crippen molar-refractivity contribution in [3.63, 3.8) is 0 Å². The number of rotatable bonds is 2. The third kappa shape index (κ3) is 2.64. The Hall–Kier alpha value is -3.01. The van der Waals surface area contributed by atoms with Crippen molar-refractivity contribution in [2.45, 2.75) is 32.1 Å². The lowest BCUT2D eigenvalue weighted by molar-refractivity contribution is -0.0759. The quantitative estimate of drug-likeness (QED) is 0.644. The summed E-state index contributed by atoms with van der Waals surface area (Å²) in [5.41, 5.74) is 0.327. The molecule has 0 radical (unpaired) electrons. The maximum Gasteiger partial charge on any atom is 0.345 e. The van der Waals surface area contributed by atoms with Crippen LogP contribution in [0.1, 0.15) is 18.1 Å². The summed E-state index contributed by atoms with van der Waals surface area (Å²) in [5.74, 6) is 2.58. The van der Waals surface area contributed by atoms with Gasteiger partial charge in [0.25, 0.3) is 5.89 Å². The lowest BCUT2D eigenvalue weighted by Gasteiger charge is -2.33. The smallest absolute Gasteiger partial charge is 0.345 e. The number of aryl methyl sites for hydroxylation is 2. The Labute approximate surface area is 154 Å². The topological polar surface area (TPSA) is 104 Å². The number of aromatic nitrogens is 6. The second-order valence-electron chi connectivity index (χ2n) is 7.10. The van der Waals surface area contributed by atoms with E-state index in [-0.39, 0.29) is 5.69 Å². The van der Waals surface area contributed by atoms with E-state index in [0.29, 0.717) is 37.2 Å². The van der Waals surface area contributed by atoms with Gasteiger partial charge in [-0.05, 0) is 25.5 Å². The second-order valence-corrected chi connectivity index (χ2v) is 7.10. The molecule has 1 saturated heterocycles. The number of pyridine rings is 1. The minimum absolute atomic E-state index is 0.0991. The molecule has 5 heterocycles. The molecular weight excluding hydrogens is 350 g/mol. The summed E-state index contributed by atoms with van der Waals surface area (Å²) in [6, 6.07) is 3.79. The van der Waals surface area contributed by atoms with Crippen LogP contribution in [0.2, 0.25) is 0 Å². The Morgan fingerprint density at radius 1 is 1.30 bits per heavy atom. The van der Waals surface area contributed by atoms with Crippen LogP contribution in [0.4, 0.5) is 5.82 Å². The molecule has 27 heavy (non-hydrogen) atoms. The van der Waals surface area contributed by atoms with Crippen LogP contribution in [0.3, 0.4) is 0 Å². The molecule has 0 aromatic carbocycles. The van der Waals surface area contributed by atoms with Crippen LogP contribution in [0.5, 0.6) is 0 Å². The average Bonchev–Trinajstić information content (AvgIpc) is 3.36. The van der Waals surface area contributed by atoms with Crippen LogP contribution in [0.15, 0.2) is 27.6 Å². The van der Waals surface area contributed by atoms with Crippen molar-refractivity contribution >= 4 is 5.82 Å². The van der Waals surface area contributed by atoms with Gasteiger partial charge >= 0.3 is 5.69 Å². The lowest BCUT2D eigenvalue weighted by Crippen LogP contribution is -2.46. The molecule has 3 aromatic rings. The van der Waals surface area contributed by atoms with E-state index in [1.807, 2.05) is 12.1 Å². The van der Waals surface area contributed by atoms with Crippen LogP contribution in [-0.4, -0.2) is 48.2 Å². The summed E-state index contributed by atoms with van der Waals surface area (Å²) >= 11 is 0. The molecule has 140 valence electrons. The van der Waals surface area contributed by atoms with Crippen molar-refractivity contribution in [3.05, 3.63) is 40.5 Å². The highest BCUT2D eigenvalue weighted by molar-refractivity contribution is 5.59. The molecule has 1 fully saturated rings. The van der Waals surface area contributed by atoms with Crippen LogP contribution in [0.25, 0.3) is 11.5 Å². The highest BCUT2D eigenvalue weighted by Gasteiger charge is 2.44. The summed E-state index contributed by atoms with van der Waals surface area (Å²) in [6.07, 6.45) is 2.56. The van der Waals surface area contributed by atoms with E-state index >= 15 is 0 Å². The fourth-order valence-electron chi connectivity index (χ4n) is 3.80. The van der Waals surface area contributed by atoms with Crippen molar-refractivity contribution in [2.24, 2.45) is 7.05 Å².